The third-order valence-electron chi connectivity index (χ3n) is 9.87. The van der Waals surface area contributed by atoms with Gasteiger partial charge >= 0.3 is 11.7 Å². The van der Waals surface area contributed by atoms with Crippen molar-refractivity contribution in [3.8, 4) is 5.69 Å². The van der Waals surface area contributed by atoms with Gasteiger partial charge in [-0.2, -0.15) is 0 Å². The SMILES string of the molecule is CC.Cc1cc(N2CCOC[C@@H]2C(C)(F)F)cc(F)c1C(=O)N[C@@H](Cc1ccc(-n2c(=O)c3ccncc3n(C)c2=O)c2ncccc12)C(=O)OCC1CC1. The van der Waals surface area contributed by atoms with Gasteiger partial charge < -0.3 is 19.7 Å². The molecule has 4 heterocycles. The summed E-state index contributed by atoms with van der Waals surface area (Å²) in [6.07, 6.45) is 6.13. The van der Waals surface area contributed by atoms with E-state index in [1.165, 1.54) is 54.2 Å². The molecule has 12 nitrogen and oxygen atoms in total. The van der Waals surface area contributed by atoms with E-state index in [1.807, 2.05) is 13.8 Å². The van der Waals surface area contributed by atoms with E-state index in [-0.39, 0.29) is 66.6 Å². The molecule has 0 spiro atoms. The zero-order valence-electron chi connectivity index (χ0n) is 31.3. The van der Waals surface area contributed by atoms with Crippen LogP contribution in [0.3, 0.4) is 0 Å². The number of fused-ring (bicyclic) bond motifs is 2. The molecule has 1 aliphatic carbocycles. The molecule has 15 heteroatoms. The predicted octanol–water partition coefficient (Wildman–Crippen LogP) is 5.26. The number of carbonyl (C=O) groups is 2. The molecule has 55 heavy (non-hydrogen) atoms. The molecular weight excluding hydrogens is 717 g/mol. The Morgan fingerprint density at radius 2 is 1.85 bits per heavy atom. The van der Waals surface area contributed by atoms with Crippen LogP contribution in [0.15, 0.2) is 70.6 Å². The average molecular weight is 761 g/mol. The van der Waals surface area contributed by atoms with Crippen LogP contribution in [-0.4, -0.2) is 75.4 Å². The minimum absolute atomic E-state index is 0.103. The molecular formula is C40H43F3N6O6. The number of halogens is 3. The third kappa shape index (κ3) is 7.97. The predicted molar refractivity (Wildman–Crippen MR) is 202 cm³/mol. The lowest BCUT2D eigenvalue weighted by molar-refractivity contribution is -0.146. The Morgan fingerprint density at radius 3 is 2.56 bits per heavy atom. The van der Waals surface area contributed by atoms with Gasteiger partial charge in [0.05, 0.1) is 53.7 Å². The van der Waals surface area contributed by atoms with Crippen LogP contribution in [0, 0.1) is 18.7 Å². The van der Waals surface area contributed by atoms with Gasteiger partial charge in [0, 0.05) is 50.4 Å². The van der Waals surface area contributed by atoms with Gasteiger partial charge in [0.1, 0.15) is 17.9 Å². The molecule has 5 aromatic rings. The molecule has 1 saturated carbocycles. The summed E-state index contributed by atoms with van der Waals surface area (Å²) < 4.78 is 57.8. The number of anilines is 1. The first kappa shape index (κ1) is 39.1. The smallest absolute Gasteiger partial charge is 0.335 e. The molecule has 2 atom stereocenters. The number of ether oxygens (including phenoxy) is 2. The topological polar surface area (TPSA) is 138 Å². The number of nitrogens with one attached hydrogen (secondary N) is 1. The van der Waals surface area contributed by atoms with Gasteiger partial charge in [-0.15, -0.1) is 0 Å². The van der Waals surface area contributed by atoms with Crippen LogP contribution in [0.4, 0.5) is 18.9 Å². The first-order valence-electron chi connectivity index (χ1n) is 18.3. The van der Waals surface area contributed by atoms with E-state index in [9.17, 15) is 28.0 Å². The summed E-state index contributed by atoms with van der Waals surface area (Å²) >= 11 is 0. The van der Waals surface area contributed by atoms with Gasteiger partial charge in [0.25, 0.3) is 17.4 Å². The molecule has 0 radical (unpaired) electrons. The number of carbonyl (C=O) groups excluding carboxylic acids is 2. The maximum absolute atomic E-state index is 15.8. The van der Waals surface area contributed by atoms with Crippen LogP contribution in [0.5, 0.6) is 0 Å². The second-order valence-corrected chi connectivity index (χ2v) is 13.7. The zero-order chi connectivity index (χ0) is 39.6. The highest BCUT2D eigenvalue weighted by atomic mass is 19.3. The lowest BCUT2D eigenvalue weighted by Gasteiger charge is -2.40. The number of hydrogen-bond donors (Lipinski definition) is 1. The van der Waals surface area contributed by atoms with E-state index in [0.29, 0.717) is 22.0 Å². The fraction of sp³-hybridized carbons (Fsp3) is 0.400. The number of aromatic nitrogens is 4. The highest BCUT2D eigenvalue weighted by Crippen LogP contribution is 2.33. The van der Waals surface area contributed by atoms with E-state index in [1.54, 1.807) is 24.3 Å². The number of amides is 1. The zero-order valence-corrected chi connectivity index (χ0v) is 31.3. The summed E-state index contributed by atoms with van der Waals surface area (Å²) in [6.45, 7) is 6.49. The number of esters is 1. The quantitative estimate of drug-likeness (QED) is 0.189. The first-order chi connectivity index (χ1) is 26.3. The highest BCUT2D eigenvalue weighted by Gasteiger charge is 2.41. The molecule has 2 aliphatic rings. The number of hydrogen-bond acceptors (Lipinski definition) is 9. The van der Waals surface area contributed by atoms with Crippen molar-refractivity contribution in [3.63, 3.8) is 0 Å². The van der Waals surface area contributed by atoms with Gasteiger partial charge in [-0.25, -0.2) is 27.3 Å². The molecule has 0 bridgehead atoms. The number of morpholine rings is 1. The largest absolute Gasteiger partial charge is 0.464 e. The summed E-state index contributed by atoms with van der Waals surface area (Å²) in [7, 11) is 1.54. The van der Waals surface area contributed by atoms with Crippen LogP contribution in [0.2, 0.25) is 0 Å². The molecule has 290 valence electrons. The Labute approximate surface area is 314 Å². The van der Waals surface area contributed by atoms with Crippen LogP contribution < -0.4 is 21.5 Å². The molecule has 1 amide bonds. The highest BCUT2D eigenvalue weighted by molar-refractivity contribution is 5.99. The van der Waals surface area contributed by atoms with Crippen LogP contribution >= 0.6 is 0 Å². The Hall–Kier alpha value is -5.57. The minimum Gasteiger partial charge on any atom is -0.464 e. The second kappa shape index (κ2) is 16.0. The fourth-order valence-electron chi connectivity index (χ4n) is 6.82. The van der Waals surface area contributed by atoms with Crippen molar-refractivity contribution in [1.82, 2.24) is 24.4 Å². The number of aryl methyl sites for hydroxylation is 2. The van der Waals surface area contributed by atoms with Crippen molar-refractivity contribution in [2.45, 2.75) is 65.0 Å². The molecule has 7 rings (SSSR count). The second-order valence-electron chi connectivity index (χ2n) is 13.7. The van der Waals surface area contributed by atoms with Crippen molar-refractivity contribution in [2.75, 3.05) is 31.3 Å². The van der Waals surface area contributed by atoms with Crippen molar-refractivity contribution in [2.24, 2.45) is 13.0 Å². The van der Waals surface area contributed by atoms with Gasteiger partial charge in [0.15, 0.2) is 0 Å². The van der Waals surface area contributed by atoms with E-state index in [0.717, 1.165) is 30.4 Å². The maximum atomic E-state index is 15.8. The molecule has 1 aliphatic heterocycles. The standard InChI is InChI=1S/C38H37F3N6O6.C2H6/c1-21-15-24(46-13-14-52-20-31(46)38(2,40)41)17-27(39)32(21)34(48)44-28(36(50)53-19-22-6-7-22)16-23-8-9-29(33-25(23)5-4-11-43-33)47-35(49)26-10-12-42-18-30(26)45(3)37(47)51;1-2/h4-5,8-12,15,17-18,22,28,31H,6-7,13-14,16,19-20H2,1-3H3,(H,44,48);1-2H3/t28-,31+;/m0./s1. The summed E-state index contributed by atoms with van der Waals surface area (Å²) in [5, 5.41) is 3.43. The fourth-order valence-corrected chi connectivity index (χ4v) is 6.82. The summed E-state index contributed by atoms with van der Waals surface area (Å²) in [4.78, 5) is 64.3. The molecule has 2 fully saturated rings. The Balaban J connectivity index is 0.00000253. The van der Waals surface area contributed by atoms with Gasteiger partial charge in [-0.05, 0) is 67.1 Å². The van der Waals surface area contributed by atoms with Gasteiger partial charge in [-0.1, -0.05) is 26.0 Å². The number of benzene rings is 2. The Morgan fingerprint density at radius 1 is 1.09 bits per heavy atom. The van der Waals surface area contributed by atoms with Crippen molar-refractivity contribution in [1.29, 1.82) is 0 Å². The van der Waals surface area contributed by atoms with E-state index in [2.05, 4.69) is 15.3 Å². The molecule has 1 saturated heterocycles. The van der Waals surface area contributed by atoms with E-state index >= 15 is 4.39 Å². The summed E-state index contributed by atoms with van der Waals surface area (Å²) in [6, 6.07) is 8.01. The number of alkyl halides is 2. The molecule has 2 aromatic carbocycles. The first-order valence-corrected chi connectivity index (χ1v) is 18.3. The van der Waals surface area contributed by atoms with Crippen molar-refractivity contribution >= 4 is 39.4 Å². The Bertz CT molecular complexity index is 2350. The maximum Gasteiger partial charge on any atom is 0.335 e. The van der Waals surface area contributed by atoms with Gasteiger partial charge in [-0.3, -0.25) is 24.1 Å². The number of nitrogens with zero attached hydrogens (tertiary/aromatic N) is 5. The van der Waals surface area contributed by atoms with Crippen LogP contribution in [0.1, 0.15) is 55.1 Å². The summed E-state index contributed by atoms with van der Waals surface area (Å²) in [5.74, 6) is -5.46. The van der Waals surface area contributed by atoms with Crippen molar-refractivity contribution in [3.05, 3.63) is 104 Å². The van der Waals surface area contributed by atoms with Crippen LogP contribution in [0.25, 0.3) is 27.5 Å². The molecule has 3 aromatic heterocycles. The van der Waals surface area contributed by atoms with Crippen molar-refractivity contribution < 1.29 is 32.2 Å². The number of pyridine rings is 2. The van der Waals surface area contributed by atoms with E-state index in [4.69, 9.17) is 9.47 Å². The number of rotatable bonds is 10. The monoisotopic (exact) mass is 760 g/mol. The average Bonchev–Trinajstić information content (AvgIpc) is 4.01. The lowest BCUT2D eigenvalue weighted by Crippen LogP contribution is -2.54. The van der Waals surface area contributed by atoms with E-state index < -0.39 is 46.9 Å². The lowest BCUT2D eigenvalue weighted by atomic mass is 9.98. The Kier molecular flexibility index (Phi) is 11.4. The van der Waals surface area contributed by atoms with Crippen LogP contribution in [-0.2, 0) is 27.7 Å². The molecule has 1 N–H and O–H groups in total. The molecule has 0 unspecified atom stereocenters. The normalized spacial score (nSPS) is 16.4. The minimum atomic E-state index is -3.13. The summed E-state index contributed by atoms with van der Waals surface area (Å²) in [5.41, 5.74) is 0.265. The van der Waals surface area contributed by atoms with Gasteiger partial charge in [0.2, 0.25) is 0 Å². The third-order valence-corrected chi connectivity index (χ3v) is 9.87.